The van der Waals surface area contributed by atoms with Crippen molar-refractivity contribution in [1.82, 2.24) is 14.5 Å². The number of imidazole rings is 1. The minimum Gasteiger partial charge on any atom is -0.480 e. The number of aryl methyl sites for hydroxylation is 1. The standard InChI is InChI=1S/C12H19N3O2/c1-12(11(16)17)4-2-7-15(12)8-3-6-14-9-5-13-10-14/h5,9-10H,2-4,6-8H2,1H3,(H,16,17). The molecular weight excluding hydrogens is 218 g/mol. The number of nitrogens with zero attached hydrogens (tertiary/aromatic N) is 3. The van der Waals surface area contributed by atoms with Gasteiger partial charge < -0.3 is 9.67 Å². The lowest BCUT2D eigenvalue weighted by atomic mass is 9.99. The fourth-order valence-electron chi connectivity index (χ4n) is 2.48. The predicted molar refractivity (Wildman–Crippen MR) is 63.7 cm³/mol. The Kier molecular flexibility index (Phi) is 3.47. The summed E-state index contributed by atoms with van der Waals surface area (Å²) in [4.78, 5) is 17.3. The van der Waals surface area contributed by atoms with E-state index in [1.165, 1.54) is 0 Å². The number of aliphatic carboxylic acids is 1. The molecule has 0 spiro atoms. The van der Waals surface area contributed by atoms with Crippen LogP contribution in [0.3, 0.4) is 0 Å². The molecule has 0 amide bonds. The minimum absolute atomic E-state index is 0.658. The maximum atomic E-state index is 11.3. The van der Waals surface area contributed by atoms with Crippen molar-refractivity contribution in [1.29, 1.82) is 0 Å². The van der Waals surface area contributed by atoms with Gasteiger partial charge in [0.25, 0.3) is 0 Å². The van der Waals surface area contributed by atoms with E-state index >= 15 is 0 Å². The monoisotopic (exact) mass is 237 g/mol. The number of carboxylic acids is 1. The molecule has 1 N–H and O–H groups in total. The van der Waals surface area contributed by atoms with Crippen LogP contribution in [0.25, 0.3) is 0 Å². The third-order valence-electron chi connectivity index (χ3n) is 3.65. The molecule has 0 aliphatic carbocycles. The number of hydrogen-bond donors (Lipinski definition) is 1. The summed E-state index contributed by atoms with van der Waals surface area (Å²) in [6, 6.07) is 0. The smallest absolute Gasteiger partial charge is 0.323 e. The Labute approximate surface area is 101 Å². The molecule has 5 heteroatoms. The Bertz CT molecular complexity index is 377. The molecule has 2 rings (SSSR count). The lowest BCUT2D eigenvalue weighted by molar-refractivity contribution is -0.148. The van der Waals surface area contributed by atoms with Gasteiger partial charge in [0.15, 0.2) is 0 Å². The first-order valence-electron chi connectivity index (χ1n) is 6.07. The summed E-state index contributed by atoms with van der Waals surface area (Å²) in [6.45, 7) is 4.46. The topological polar surface area (TPSA) is 58.4 Å². The summed E-state index contributed by atoms with van der Waals surface area (Å²) in [6.07, 6.45) is 8.18. The van der Waals surface area contributed by atoms with Crippen LogP contribution in [0.15, 0.2) is 18.7 Å². The van der Waals surface area contributed by atoms with E-state index in [1.54, 1.807) is 12.5 Å². The molecule has 2 heterocycles. The molecule has 1 atom stereocenters. The predicted octanol–water partition coefficient (Wildman–Crippen LogP) is 1.21. The molecule has 1 unspecified atom stereocenters. The van der Waals surface area contributed by atoms with Crippen molar-refractivity contribution >= 4 is 5.97 Å². The van der Waals surface area contributed by atoms with Gasteiger partial charge in [0.1, 0.15) is 5.54 Å². The molecule has 94 valence electrons. The van der Waals surface area contributed by atoms with E-state index in [0.29, 0.717) is 0 Å². The molecular formula is C12H19N3O2. The van der Waals surface area contributed by atoms with Crippen LogP contribution in [0.4, 0.5) is 0 Å². The molecule has 0 radical (unpaired) electrons. The highest BCUT2D eigenvalue weighted by Gasteiger charge is 2.42. The summed E-state index contributed by atoms with van der Waals surface area (Å²) < 4.78 is 2.02. The molecule has 1 aliphatic rings. The van der Waals surface area contributed by atoms with Gasteiger partial charge >= 0.3 is 5.97 Å². The Balaban J connectivity index is 1.84. The van der Waals surface area contributed by atoms with Gasteiger partial charge in [-0.25, -0.2) is 4.98 Å². The van der Waals surface area contributed by atoms with Crippen LogP contribution in [0, 0.1) is 0 Å². The van der Waals surface area contributed by atoms with Gasteiger partial charge in [-0.15, -0.1) is 0 Å². The van der Waals surface area contributed by atoms with Crippen LogP contribution in [-0.2, 0) is 11.3 Å². The summed E-state index contributed by atoms with van der Waals surface area (Å²) in [5, 5.41) is 9.27. The molecule has 1 saturated heterocycles. The second kappa shape index (κ2) is 4.87. The Morgan fingerprint density at radius 1 is 1.53 bits per heavy atom. The van der Waals surface area contributed by atoms with E-state index in [-0.39, 0.29) is 0 Å². The normalized spacial score (nSPS) is 25.2. The Hall–Kier alpha value is -1.36. The summed E-state index contributed by atoms with van der Waals surface area (Å²) in [5.41, 5.74) is -0.658. The highest BCUT2D eigenvalue weighted by atomic mass is 16.4. The first kappa shape index (κ1) is 12.1. The highest BCUT2D eigenvalue weighted by molar-refractivity contribution is 5.78. The second-order valence-electron chi connectivity index (χ2n) is 4.82. The number of carbonyl (C=O) groups is 1. The third-order valence-corrected chi connectivity index (χ3v) is 3.65. The molecule has 0 saturated carbocycles. The zero-order valence-corrected chi connectivity index (χ0v) is 10.2. The third kappa shape index (κ3) is 2.49. The maximum Gasteiger partial charge on any atom is 0.323 e. The molecule has 17 heavy (non-hydrogen) atoms. The number of carboxylic acid groups (broad SMARTS) is 1. The quantitative estimate of drug-likeness (QED) is 0.836. The summed E-state index contributed by atoms with van der Waals surface area (Å²) in [7, 11) is 0. The second-order valence-corrected chi connectivity index (χ2v) is 4.82. The molecule has 1 aromatic rings. The first-order chi connectivity index (χ1) is 8.13. The van der Waals surface area contributed by atoms with Gasteiger partial charge in [0, 0.05) is 25.5 Å². The van der Waals surface area contributed by atoms with Crippen LogP contribution < -0.4 is 0 Å². The molecule has 0 bridgehead atoms. The van der Waals surface area contributed by atoms with Gasteiger partial charge in [-0.05, 0) is 32.7 Å². The fourth-order valence-corrected chi connectivity index (χ4v) is 2.48. The summed E-state index contributed by atoms with van der Waals surface area (Å²) >= 11 is 0. The zero-order valence-electron chi connectivity index (χ0n) is 10.2. The van der Waals surface area contributed by atoms with Crippen molar-refractivity contribution in [2.75, 3.05) is 13.1 Å². The van der Waals surface area contributed by atoms with E-state index in [1.807, 2.05) is 17.7 Å². The van der Waals surface area contributed by atoms with Crippen LogP contribution in [0.2, 0.25) is 0 Å². The SMILES string of the molecule is CC1(C(=O)O)CCCN1CCCn1ccnc1. The van der Waals surface area contributed by atoms with E-state index in [4.69, 9.17) is 0 Å². The number of rotatable bonds is 5. The van der Waals surface area contributed by atoms with Crippen LogP contribution in [0.1, 0.15) is 26.2 Å². The largest absolute Gasteiger partial charge is 0.480 e. The average molecular weight is 237 g/mol. The number of aromatic nitrogens is 2. The highest BCUT2D eigenvalue weighted by Crippen LogP contribution is 2.29. The van der Waals surface area contributed by atoms with E-state index in [0.717, 1.165) is 38.9 Å². The van der Waals surface area contributed by atoms with Gasteiger partial charge in [0.2, 0.25) is 0 Å². The van der Waals surface area contributed by atoms with Crippen LogP contribution in [-0.4, -0.2) is 44.2 Å². The summed E-state index contributed by atoms with van der Waals surface area (Å²) in [5.74, 6) is -0.697. The zero-order chi connectivity index (χ0) is 12.3. The van der Waals surface area contributed by atoms with E-state index < -0.39 is 11.5 Å². The molecule has 5 nitrogen and oxygen atoms in total. The molecule has 1 aliphatic heterocycles. The van der Waals surface area contributed by atoms with Crippen molar-refractivity contribution in [3.05, 3.63) is 18.7 Å². The van der Waals surface area contributed by atoms with Gasteiger partial charge in [0.05, 0.1) is 6.33 Å². The molecule has 1 fully saturated rings. The van der Waals surface area contributed by atoms with Gasteiger partial charge in [-0.3, -0.25) is 9.69 Å². The van der Waals surface area contributed by atoms with Crippen LogP contribution in [0.5, 0.6) is 0 Å². The number of likely N-dealkylation sites (tertiary alicyclic amines) is 1. The first-order valence-corrected chi connectivity index (χ1v) is 6.07. The van der Waals surface area contributed by atoms with Crippen molar-refractivity contribution in [3.63, 3.8) is 0 Å². The Morgan fingerprint density at radius 3 is 3.00 bits per heavy atom. The lowest BCUT2D eigenvalue weighted by Gasteiger charge is -2.31. The van der Waals surface area contributed by atoms with Crippen molar-refractivity contribution in [3.8, 4) is 0 Å². The minimum atomic E-state index is -0.697. The van der Waals surface area contributed by atoms with E-state index in [9.17, 15) is 9.90 Å². The average Bonchev–Trinajstić information content (AvgIpc) is 2.90. The van der Waals surface area contributed by atoms with Crippen molar-refractivity contribution < 1.29 is 9.90 Å². The molecule has 0 aromatic carbocycles. The van der Waals surface area contributed by atoms with Crippen molar-refractivity contribution in [2.24, 2.45) is 0 Å². The lowest BCUT2D eigenvalue weighted by Crippen LogP contribution is -2.48. The maximum absolute atomic E-state index is 11.3. The Morgan fingerprint density at radius 2 is 2.35 bits per heavy atom. The van der Waals surface area contributed by atoms with Crippen molar-refractivity contribution in [2.45, 2.75) is 38.3 Å². The van der Waals surface area contributed by atoms with Crippen LogP contribution >= 0.6 is 0 Å². The van der Waals surface area contributed by atoms with E-state index in [2.05, 4.69) is 9.88 Å². The molecule has 1 aromatic heterocycles. The fraction of sp³-hybridized carbons (Fsp3) is 0.667. The number of hydrogen-bond acceptors (Lipinski definition) is 3. The van der Waals surface area contributed by atoms with Gasteiger partial charge in [-0.1, -0.05) is 0 Å². The van der Waals surface area contributed by atoms with Gasteiger partial charge in [-0.2, -0.15) is 0 Å².